The number of anilines is 1. The molecular formula is C12H16ClN5O3. The number of nitrogens with one attached hydrogen (secondary N) is 2. The number of H-pyrrole nitrogens is 1. The van der Waals surface area contributed by atoms with Gasteiger partial charge in [-0.3, -0.25) is 14.3 Å². The summed E-state index contributed by atoms with van der Waals surface area (Å²) in [5.74, 6) is 0.389. The normalized spacial score (nSPS) is 12.1. The van der Waals surface area contributed by atoms with E-state index in [1.807, 2.05) is 0 Å². The summed E-state index contributed by atoms with van der Waals surface area (Å²) >= 11 is 5.82. The van der Waals surface area contributed by atoms with Crippen LogP contribution in [-0.4, -0.2) is 37.4 Å². The zero-order chi connectivity index (χ0) is 15.6. The van der Waals surface area contributed by atoms with Crippen LogP contribution in [0.2, 0.25) is 0 Å². The zero-order valence-electron chi connectivity index (χ0n) is 11.7. The van der Waals surface area contributed by atoms with Gasteiger partial charge in [0.1, 0.15) is 0 Å². The third-order valence-corrected chi connectivity index (χ3v) is 3.11. The Labute approximate surface area is 124 Å². The van der Waals surface area contributed by atoms with Crippen LogP contribution < -0.4 is 16.6 Å². The van der Waals surface area contributed by atoms with Gasteiger partial charge in [0.05, 0.1) is 6.61 Å². The van der Waals surface area contributed by atoms with Crippen LogP contribution in [-0.2, 0) is 13.6 Å². The maximum atomic E-state index is 12.0. The standard InChI is InChI=1S/C12H16ClN5O3/c1-7(13)3-5-18-8-9(15-11(18)14-4-6-19)17(2)12(21)16-10(8)20/h3,19H,4-6H2,1-2H3,(H,14,15)(H,16,20,21)/b7-3-. The Hall–Kier alpha value is -2.06. The highest BCUT2D eigenvalue weighted by molar-refractivity contribution is 6.29. The highest BCUT2D eigenvalue weighted by Crippen LogP contribution is 2.15. The minimum atomic E-state index is -0.532. The van der Waals surface area contributed by atoms with Gasteiger partial charge in [0, 0.05) is 25.2 Å². The second kappa shape index (κ2) is 6.15. The number of imidazole rings is 1. The molecule has 21 heavy (non-hydrogen) atoms. The fourth-order valence-electron chi connectivity index (χ4n) is 1.93. The number of aromatic amines is 1. The summed E-state index contributed by atoms with van der Waals surface area (Å²) in [6.45, 7) is 2.24. The van der Waals surface area contributed by atoms with Gasteiger partial charge in [-0.2, -0.15) is 4.98 Å². The number of hydrogen-bond donors (Lipinski definition) is 3. The Balaban J connectivity index is 2.70. The summed E-state index contributed by atoms with van der Waals surface area (Å²) in [5.41, 5.74) is -0.510. The minimum Gasteiger partial charge on any atom is -0.395 e. The third kappa shape index (κ3) is 3.01. The number of aliphatic hydroxyl groups excluding tert-OH is 1. The largest absolute Gasteiger partial charge is 0.395 e. The molecule has 9 heteroatoms. The van der Waals surface area contributed by atoms with E-state index in [0.29, 0.717) is 17.5 Å². The smallest absolute Gasteiger partial charge is 0.329 e. The summed E-state index contributed by atoms with van der Waals surface area (Å²) < 4.78 is 2.86. The Kier molecular flexibility index (Phi) is 4.49. The Bertz CT molecular complexity index is 798. The number of nitrogens with zero attached hydrogens (tertiary/aromatic N) is 3. The maximum Gasteiger partial charge on any atom is 0.329 e. The van der Waals surface area contributed by atoms with Gasteiger partial charge in [0.2, 0.25) is 5.95 Å². The van der Waals surface area contributed by atoms with E-state index in [0.717, 1.165) is 0 Å². The molecule has 0 aliphatic rings. The number of fused-ring (bicyclic) bond motifs is 1. The fourth-order valence-corrected chi connectivity index (χ4v) is 2.00. The van der Waals surface area contributed by atoms with E-state index in [-0.39, 0.29) is 24.3 Å². The second-order valence-electron chi connectivity index (χ2n) is 4.48. The number of aromatic nitrogens is 4. The average Bonchev–Trinajstić information content (AvgIpc) is 2.79. The molecule has 8 nitrogen and oxygen atoms in total. The molecule has 0 radical (unpaired) electrons. The minimum absolute atomic E-state index is 0.0805. The van der Waals surface area contributed by atoms with Crippen molar-refractivity contribution in [3.05, 3.63) is 31.9 Å². The summed E-state index contributed by atoms with van der Waals surface area (Å²) in [5, 5.41) is 12.4. The predicted octanol–water partition coefficient (Wildman–Crippen LogP) is -0.0299. The lowest BCUT2D eigenvalue weighted by Gasteiger charge is -2.07. The van der Waals surface area contributed by atoms with E-state index in [9.17, 15) is 9.59 Å². The van der Waals surface area contributed by atoms with E-state index in [4.69, 9.17) is 16.7 Å². The average molecular weight is 314 g/mol. The Morgan fingerprint density at radius 1 is 1.52 bits per heavy atom. The first kappa shape index (κ1) is 15.3. The molecule has 0 aromatic carbocycles. The van der Waals surface area contributed by atoms with E-state index in [2.05, 4.69) is 15.3 Å². The lowest BCUT2D eigenvalue weighted by molar-refractivity contribution is 0.310. The molecule has 2 rings (SSSR count). The molecule has 2 aromatic rings. The summed E-state index contributed by atoms with van der Waals surface area (Å²) in [6, 6.07) is 0. The van der Waals surface area contributed by atoms with Crippen molar-refractivity contribution in [1.29, 1.82) is 0 Å². The lowest BCUT2D eigenvalue weighted by atomic mass is 10.4. The SMILES string of the molecule is C/C(Cl)=C/Cn1c(NCCO)nc2c1c(=O)[nH]c(=O)n2C. The molecule has 2 aromatic heterocycles. The topological polar surface area (TPSA) is 105 Å². The van der Waals surface area contributed by atoms with Crippen LogP contribution >= 0.6 is 11.6 Å². The number of rotatable bonds is 5. The summed E-state index contributed by atoms with van der Waals surface area (Å²) in [7, 11) is 1.52. The van der Waals surface area contributed by atoms with Crippen molar-refractivity contribution in [3.8, 4) is 0 Å². The first-order valence-electron chi connectivity index (χ1n) is 6.32. The van der Waals surface area contributed by atoms with Gasteiger partial charge in [0.25, 0.3) is 5.56 Å². The highest BCUT2D eigenvalue weighted by atomic mass is 35.5. The number of hydrogen-bond acceptors (Lipinski definition) is 5. The molecule has 0 fully saturated rings. The van der Waals surface area contributed by atoms with Crippen molar-refractivity contribution in [2.45, 2.75) is 13.5 Å². The molecule has 0 saturated heterocycles. The van der Waals surface area contributed by atoms with Crippen LogP contribution in [0.4, 0.5) is 5.95 Å². The molecule has 0 aliphatic carbocycles. The van der Waals surface area contributed by atoms with Crippen LogP contribution in [0.5, 0.6) is 0 Å². The predicted molar refractivity (Wildman–Crippen MR) is 80.8 cm³/mol. The van der Waals surface area contributed by atoms with Crippen molar-refractivity contribution in [2.24, 2.45) is 7.05 Å². The quantitative estimate of drug-likeness (QED) is 0.719. The van der Waals surface area contributed by atoms with Crippen LogP contribution in [0.1, 0.15) is 6.92 Å². The van der Waals surface area contributed by atoms with E-state index < -0.39 is 11.2 Å². The fraction of sp³-hybridized carbons (Fsp3) is 0.417. The molecule has 0 atom stereocenters. The molecule has 114 valence electrons. The van der Waals surface area contributed by atoms with Crippen molar-refractivity contribution in [3.63, 3.8) is 0 Å². The van der Waals surface area contributed by atoms with E-state index in [1.165, 1.54) is 11.6 Å². The number of halogens is 1. The first-order valence-corrected chi connectivity index (χ1v) is 6.70. The van der Waals surface area contributed by atoms with Gasteiger partial charge in [-0.05, 0) is 6.92 Å². The van der Waals surface area contributed by atoms with Gasteiger partial charge in [-0.1, -0.05) is 17.7 Å². The maximum absolute atomic E-state index is 12.0. The van der Waals surface area contributed by atoms with Crippen molar-refractivity contribution in [1.82, 2.24) is 19.1 Å². The van der Waals surface area contributed by atoms with Gasteiger partial charge < -0.3 is 15.0 Å². The number of allylic oxidation sites excluding steroid dienone is 2. The molecule has 0 aliphatic heterocycles. The Morgan fingerprint density at radius 2 is 2.24 bits per heavy atom. The molecule has 0 unspecified atom stereocenters. The van der Waals surface area contributed by atoms with Crippen LogP contribution in [0.25, 0.3) is 11.2 Å². The van der Waals surface area contributed by atoms with Crippen molar-refractivity contribution >= 4 is 28.7 Å². The second-order valence-corrected chi connectivity index (χ2v) is 5.07. The third-order valence-electron chi connectivity index (χ3n) is 2.96. The molecule has 2 heterocycles. The molecule has 0 amide bonds. The van der Waals surface area contributed by atoms with Gasteiger partial charge in [-0.25, -0.2) is 4.79 Å². The molecule has 0 saturated carbocycles. The van der Waals surface area contributed by atoms with Crippen LogP contribution in [0.3, 0.4) is 0 Å². The van der Waals surface area contributed by atoms with Gasteiger partial charge in [0.15, 0.2) is 11.2 Å². The van der Waals surface area contributed by atoms with Crippen molar-refractivity contribution in [2.75, 3.05) is 18.5 Å². The van der Waals surface area contributed by atoms with Crippen molar-refractivity contribution < 1.29 is 5.11 Å². The summed E-state index contributed by atoms with van der Waals surface area (Å²) in [6.07, 6.45) is 1.72. The zero-order valence-corrected chi connectivity index (χ0v) is 12.4. The monoisotopic (exact) mass is 313 g/mol. The van der Waals surface area contributed by atoms with Gasteiger partial charge >= 0.3 is 5.69 Å². The van der Waals surface area contributed by atoms with Crippen LogP contribution in [0.15, 0.2) is 20.7 Å². The molecule has 0 bridgehead atoms. The molecular weight excluding hydrogens is 298 g/mol. The number of aryl methyl sites for hydroxylation is 1. The molecule has 3 N–H and O–H groups in total. The van der Waals surface area contributed by atoms with Gasteiger partial charge in [-0.15, -0.1) is 0 Å². The summed E-state index contributed by atoms with van der Waals surface area (Å²) in [4.78, 5) is 30.2. The number of aliphatic hydroxyl groups is 1. The highest BCUT2D eigenvalue weighted by Gasteiger charge is 2.16. The Morgan fingerprint density at radius 3 is 2.86 bits per heavy atom. The van der Waals surface area contributed by atoms with Crippen LogP contribution in [0, 0.1) is 0 Å². The first-order chi connectivity index (χ1) is 9.95. The lowest BCUT2D eigenvalue weighted by Crippen LogP contribution is -2.29. The van der Waals surface area contributed by atoms with E-state index >= 15 is 0 Å². The molecule has 0 spiro atoms. The van der Waals surface area contributed by atoms with E-state index in [1.54, 1.807) is 17.6 Å².